The number of amides is 1. The van der Waals surface area contributed by atoms with E-state index in [9.17, 15) is 4.79 Å². The quantitative estimate of drug-likeness (QED) is 0.789. The van der Waals surface area contributed by atoms with Crippen molar-refractivity contribution in [3.63, 3.8) is 0 Å². The van der Waals surface area contributed by atoms with E-state index < -0.39 is 0 Å². The van der Waals surface area contributed by atoms with Crippen LogP contribution >= 0.6 is 0 Å². The average molecular weight is 270 g/mol. The number of hydrogen-bond acceptors (Lipinski definition) is 3. The predicted octanol–water partition coefficient (Wildman–Crippen LogP) is 2.01. The van der Waals surface area contributed by atoms with Crippen molar-refractivity contribution in [2.75, 3.05) is 18.9 Å². The van der Waals surface area contributed by atoms with Crippen LogP contribution in [-0.4, -0.2) is 19.1 Å². The lowest BCUT2D eigenvalue weighted by molar-refractivity contribution is -0.123. The minimum Gasteiger partial charge on any atom is -0.484 e. The molecule has 0 aromatic heterocycles. The van der Waals surface area contributed by atoms with Crippen molar-refractivity contribution in [3.05, 3.63) is 60.2 Å². The highest BCUT2D eigenvalue weighted by Crippen LogP contribution is 2.08. The molecule has 2 aromatic carbocycles. The Hall–Kier alpha value is -2.49. The topological polar surface area (TPSA) is 64.3 Å². The summed E-state index contributed by atoms with van der Waals surface area (Å²) < 4.78 is 5.36. The Kier molecular flexibility index (Phi) is 5.00. The SMILES string of the molecule is Nc1ccc(CCNC(=O)COc2ccccc2)cc1. The summed E-state index contributed by atoms with van der Waals surface area (Å²) in [7, 11) is 0. The van der Waals surface area contributed by atoms with E-state index in [4.69, 9.17) is 10.5 Å². The van der Waals surface area contributed by atoms with Crippen molar-refractivity contribution in [1.29, 1.82) is 0 Å². The van der Waals surface area contributed by atoms with Crippen molar-refractivity contribution >= 4 is 11.6 Å². The van der Waals surface area contributed by atoms with Gasteiger partial charge in [0.2, 0.25) is 0 Å². The molecular formula is C16H18N2O2. The smallest absolute Gasteiger partial charge is 0.257 e. The van der Waals surface area contributed by atoms with Gasteiger partial charge in [-0.3, -0.25) is 4.79 Å². The monoisotopic (exact) mass is 270 g/mol. The van der Waals surface area contributed by atoms with Crippen LogP contribution in [0, 0.1) is 0 Å². The number of rotatable bonds is 6. The van der Waals surface area contributed by atoms with E-state index in [1.807, 2.05) is 54.6 Å². The summed E-state index contributed by atoms with van der Waals surface area (Å²) in [6.45, 7) is 0.618. The standard InChI is InChI=1S/C16H18N2O2/c17-14-8-6-13(7-9-14)10-11-18-16(19)12-20-15-4-2-1-3-5-15/h1-9H,10-12,17H2,(H,18,19). The minimum absolute atomic E-state index is 0.0335. The fraction of sp³-hybridized carbons (Fsp3) is 0.188. The summed E-state index contributed by atoms with van der Waals surface area (Å²) in [5.74, 6) is 0.575. The third-order valence-corrected chi connectivity index (χ3v) is 2.83. The first-order valence-corrected chi connectivity index (χ1v) is 6.53. The molecule has 0 bridgehead atoms. The van der Waals surface area contributed by atoms with E-state index in [0.717, 1.165) is 17.7 Å². The van der Waals surface area contributed by atoms with Crippen LogP contribution in [0.1, 0.15) is 5.56 Å². The van der Waals surface area contributed by atoms with Gasteiger partial charge in [0.05, 0.1) is 0 Å². The number of benzene rings is 2. The van der Waals surface area contributed by atoms with Gasteiger partial charge in [0.1, 0.15) is 5.75 Å². The van der Waals surface area contributed by atoms with Gasteiger partial charge in [-0.25, -0.2) is 0 Å². The van der Waals surface area contributed by atoms with Crippen LogP contribution < -0.4 is 15.8 Å². The molecule has 0 saturated carbocycles. The highest BCUT2D eigenvalue weighted by molar-refractivity contribution is 5.77. The Morgan fingerprint density at radius 3 is 2.45 bits per heavy atom. The van der Waals surface area contributed by atoms with Crippen LogP contribution in [0.4, 0.5) is 5.69 Å². The summed E-state index contributed by atoms with van der Waals surface area (Å²) >= 11 is 0. The molecule has 4 nitrogen and oxygen atoms in total. The highest BCUT2D eigenvalue weighted by Gasteiger charge is 2.02. The molecule has 2 rings (SSSR count). The minimum atomic E-state index is -0.121. The molecule has 0 heterocycles. The van der Waals surface area contributed by atoms with E-state index in [1.165, 1.54) is 0 Å². The first kappa shape index (κ1) is 13.9. The zero-order valence-corrected chi connectivity index (χ0v) is 11.2. The normalized spacial score (nSPS) is 10.0. The summed E-state index contributed by atoms with van der Waals surface area (Å²) in [4.78, 5) is 11.6. The molecule has 2 aromatic rings. The van der Waals surface area contributed by atoms with Gasteiger partial charge in [0.25, 0.3) is 5.91 Å². The molecule has 4 heteroatoms. The Morgan fingerprint density at radius 2 is 1.75 bits per heavy atom. The van der Waals surface area contributed by atoms with Crippen LogP contribution in [0.5, 0.6) is 5.75 Å². The second-order valence-electron chi connectivity index (χ2n) is 4.44. The number of carbonyl (C=O) groups is 1. The number of hydrogen-bond donors (Lipinski definition) is 2. The zero-order chi connectivity index (χ0) is 14.2. The molecule has 0 saturated heterocycles. The molecular weight excluding hydrogens is 252 g/mol. The van der Waals surface area contributed by atoms with Crippen molar-refractivity contribution < 1.29 is 9.53 Å². The molecule has 0 aliphatic carbocycles. The molecule has 20 heavy (non-hydrogen) atoms. The van der Waals surface area contributed by atoms with Crippen molar-refractivity contribution in [2.24, 2.45) is 0 Å². The largest absolute Gasteiger partial charge is 0.484 e. The number of nitrogen functional groups attached to an aromatic ring is 1. The number of para-hydroxylation sites is 1. The molecule has 0 aliphatic rings. The van der Waals surface area contributed by atoms with Crippen LogP contribution in [0.3, 0.4) is 0 Å². The molecule has 3 N–H and O–H groups in total. The maximum atomic E-state index is 11.6. The van der Waals surface area contributed by atoms with E-state index in [-0.39, 0.29) is 12.5 Å². The predicted molar refractivity (Wildman–Crippen MR) is 79.5 cm³/mol. The van der Waals surface area contributed by atoms with Crippen LogP contribution in [0.25, 0.3) is 0 Å². The van der Waals surface area contributed by atoms with Crippen LogP contribution in [0.2, 0.25) is 0 Å². The number of nitrogens with two attached hydrogens (primary N) is 1. The molecule has 1 amide bonds. The van der Waals surface area contributed by atoms with Crippen molar-refractivity contribution in [1.82, 2.24) is 5.32 Å². The van der Waals surface area contributed by atoms with Crippen molar-refractivity contribution in [2.45, 2.75) is 6.42 Å². The Labute approximate surface area is 118 Å². The van der Waals surface area contributed by atoms with E-state index in [0.29, 0.717) is 12.3 Å². The lowest BCUT2D eigenvalue weighted by Gasteiger charge is -2.07. The molecule has 104 valence electrons. The van der Waals surface area contributed by atoms with Gasteiger partial charge in [-0.2, -0.15) is 0 Å². The summed E-state index contributed by atoms with van der Waals surface area (Å²) in [6, 6.07) is 16.9. The molecule has 0 unspecified atom stereocenters. The van der Waals surface area contributed by atoms with Gasteiger partial charge in [-0.1, -0.05) is 30.3 Å². The van der Waals surface area contributed by atoms with Crippen molar-refractivity contribution in [3.8, 4) is 5.75 Å². The molecule has 0 fully saturated rings. The lowest BCUT2D eigenvalue weighted by atomic mass is 10.1. The number of anilines is 1. The van der Waals surface area contributed by atoms with Crippen LogP contribution in [0.15, 0.2) is 54.6 Å². The molecule has 0 atom stereocenters. The van der Waals surface area contributed by atoms with Gasteiger partial charge < -0.3 is 15.8 Å². The summed E-state index contributed by atoms with van der Waals surface area (Å²) in [6.07, 6.45) is 0.775. The fourth-order valence-corrected chi connectivity index (χ4v) is 1.75. The third kappa shape index (κ3) is 4.65. The summed E-state index contributed by atoms with van der Waals surface area (Å²) in [5.41, 5.74) is 7.50. The zero-order valence-electron chi connectivity index (χ0n) is 11.2. The van der Waals surface area contributed by atoms with Gasteiger partial charge in [-0.15, -0.1) is 0 Å². The third-order valence-electron chi connectivity index (χ3n) is 2.83. The molecule has 0 spiro atoms. The number of carbonyl (C=O) groups excluding carboxylic acids is 1. The lowest BCUT2D eigenvalue weighted by Crippen LogP contribution is -2.30. The second-order valence-corrected chi connectivity index (χ2v) is 4.44. The summed E-state index contributed by atoms with van der Waals surface area (Å²) in [5, 5.41) is 2.82. The van der Waals surface area contributed by atoms with Gasteiger partial charge in [-0.05, 0) is 36.2 Å². The fourth-order valence-electron chi connectivity index (χ4n) is 1.75. The Morgan fingerprint density at radius 1 is 1.05 bits per heavy atom. The maximum Gasteiger partial charge on any atom is 0.257 e. The average Bonchev–Trinajstić information content (AvgIpc) is 2.48. The second kappa shape index (κ2) is 7.19. The first-order chi connectivity index (χ1) is 9.74. The van der Waals surface area contributed by atoms with Gasteiger partial charge in [0, 0.05) is 12.2 Å². The van der Waals surface area contributed by atoms with E-state index in [2.05, 4.69) is 5.32 Å². The van der Waals surface area contributed by atoms with Gasteiger partial charge >= 0.3 is 0 Å². The maximum absolute atomic E-state index is 11.6. The first-order valence-electron chi connectivity index (χ1n) is 6.53. The highest BCUT2D eigenvalue weighted by atomic mass is 16.5. The van der Waals surface area contributed by atoms with E-state index >= 15 is 0 Å². The Bertz CT molecular complexity index is 538. The van der Waals surface area contributed by atoms with E-state index in [1.54, 1.807) is 0 Å². The molecule has 0 aliphatic heterocycles. The van der Waals surface area contributed by atoms with Gasteiger partial charge in [0.15, 0.2) is 6.61 Å². The number of nitrogens with one attached hydrogen (secondary N) is 1. The Balaban J connectivity index is 1.66. The number of ether oxygens (including phenoxy) is 1. The molecule has 0 radical (unpaired) electrons. The van der Waals surface area contributed by atoms with Crippen LogP contribution in [-0.2, 0) is 11.2 Å².